The Morgan fingerprint density at radius 3 is 2.75 bits per heavy atom. The fourth-order valence-corrected chi connectivity index (χ4v) is 4.24. The van der Waals surface area contributed by atoms with Gasteiger partial charge in [0.2, 0.25) is 5.84 Å². The molecule has 0 amide bonds. The van der Waals surface area contributed by atoms with E-state index in [2.05, 4.69) is 32.8 Å². The molecular weight excluding hydrogens is 374 g/mol. The Kier molecular flexibility index (Phi) is 5.22. The normalized spacial score (nSPS) is 20.6. The molecule has 4 rings (SSSR count). The number of hydrogen-bond donors (Lipinski definition) is 2. The third-order valence-corrected chi connectivity index (χ3v) is 5.87. The van der Waals surface area contributed by atoms with E-state index >= 15 is 0 Å². The van der Waals surface area contributed by atoms with Gasteiger partial charge in [-0.25, -0.2) is 9.97 Å². The Morgan fingerprint density at radius 2 is 2.04 bits per heavy atom. The van der Waals surface area contributed by atoms with Gasteiger partial charge in [-0.05, 0) is 42.9 Å². The fraction of sp³-hybridized carbons (Fsp3) is 0.381. The van der Waals surface area contributed by atoms with Crippen molar-refractivity contribution in [2.24, 2.45) is 22.7 Å². The zero-order chi connectivity index (χ0) is 19.7. The molecule has 0 radical (unpaired) electrons. The minimum Gasteiger partial charge on any atom is -0.409 e. The number of nitrogens with zero attached hydrogens (tertiary/aromatic N) is 4. The van der Waals surface area contributed by atoms with Crippen molar-refractivity contribution in [3.05, 3.63) is 47.4 Å². The van der Waals surface area contributed by atoms with Crippen LogP contribution in [-0.2, 0) is 6.54 Å². The van der Waals surface area contributed by atoms with Crippen molar-refractivity contribution in [1.82, 2.24) is 14.5 Å². The number of fused-ring (bicyclic) bond motifs is 1. The molecule has 1 aliphatic rings. The number of nitrogens with two attached hydrogens (primary N) is 1. The van der Waals surface area contributed by atoms with Crippen molar-refractivity contribution < 1.29 is 5.21 Å². The monoisotopic (exact) mass is 397 g/mol. The van der Waals surface area contributed by atoms with Crippen molar-refractivity contribution in [2.45, 2.75) is 39.2 Å². The SMILES string of the molecule is CC1CCC(Cn2ccc3nc(C(N)=NO)nc(-c4cccc(Cl)c4)c32)CC1. The van der Waals surface area contributed by atoms with Crippen LogP contribution in [-0.4, -0.2) is 25.6 Å². The molecule has 6 nitrogen and oxygen atoms in total. The van der Waals surface area contributed by atoms with Gasteiger partial charge < -0.3 is 15.5 Å². The van der Waals surface area contributed by atoms with Crippen LogP contribution < -0.4 is 5.73 Å². The number of hydrogen-bond acceptors (Lipinski definition) is 4. The van der Waals surface area contributed by atoms with Gasteiger partial charge in [-0.2, -0.15) is 0 Å². The molecule has 0 aliphatic heterocycles. The van der Waals surface area contributed by atoms with Gasteiger partial charge in [0.1, 0.15) is 0 Å². The number of aromatic nitrogens is 3. The zero-order valence-electron chi connectivity index (χ0n) is 15.8. The van der Waals surface area contributed by atoms with Crippen LogP contribution in [0.4, 0.5) is 0 Å². The third-order valence-electron chi connectivity index (χ3n) is 5.64. The topological polar surface area (TPSA) is 89.3 Å². The maximum absolute atomic E-state index is 9.07. The van der Waals surface area contributed by atoms with E-state index in [-0.39, 0.29) is 11.7 Å². The predicted molar refractivity (Wildman–Crippen MR) is 112 cm³/mol. The number of oxime groups is 1. The number of benzene rings is 1. The van der Waals surface area contributed by atoms with E-state index in [0.29, 0.717) is 10.9 Å². The van der Waals surface area contributed by atoms with E-state index in [1.54, 1.807) is 0 Å². The Bertz CT molecular complexity index is 1020. The second kappa shape index (κ2) is 7.80. The summed E-state index contributed by atoms with van der Waals surface area (Å²) < 4.78 is 2.24. The molecule has 0 saturated heterocycles. The fourth-order valence-electron chi connectivity index (χ4n) is 4.05. The lowest BCUT2D eigenvalue weighted by Crippen LogP contribution is -2.19. The average Bonchev–Trinajstić information content (AvgIpc) is 3.11. The van der Waals surface area contributed by atoms with Gasteiger partial charge in [0.15, 0.2) is 5.82 Å². The minimum absolute atomic E-state index is 0.112. The van der Waals surface area contributed by atoms with Crippen molar-refractivity contribution in [3.63, 3.8) is 0 Å². The smallest absolute Gasteiger partial charge is 0.208 e. The first kappa shape index (κ1) is 18.7. The summed E-state index contributed by atoms with van der Waals surface area (Å²) in [5.41, 5.74) is 9.12. The lowest BCUT2D eigenvalue weighted by atomic mass is 9.83. The minimum atomic E-state index is -0.112. The third kappa shape index (κ3) is 3.69. The van der Waals surface area contributed by atoms with Gasteiger partial charge in [-0.15, -0.1) is 0 Å². The summed E-state index contributed by atoms with van der Waals surface area (Å²) in [6.07, 6.45) is 7.12. The molecule has 2 aromatic heterocycles. The number of rotatable bonds is 4. The maximum atomic E-state index is 9.07. The average molecular weight is 398 g/mol. The highest BCUT2D eigenvalue weighted by atomic mass is 35.5. The Hall–Kier alpha value is -2.60. The van der Waals surface area contributed by atoms with E-state index < -0.39 is 0 Å². The summed E-state index contributed by atoms with van der Waals surface area (Å²) in [5.74, 6) is 1.57. The molecule has 0 unspecified atom stereocenters. The van der Waals surface area contributed by atoms with Crippen molar-refractivity contribution in [3.8, 4) is 11.3 Å². The summed E-state index contributed by atoms with van der Waals surface area (Å²) in [5, 5.41) is 12.8. The molecule has 3 aromatic rings. The standard InChI is InChI=1S/C21H24ClN5O/c1-13-5-7-14(8-6-13)12-27-10-9-17-19(27)18(15-3-2-4-16(22)11-15)25-21(24-17)20(23)26-28/h2-4,9-11,13-14,28H,5-8,12H2,1H3,(H2,23,26). The summed E-state index contributed by atoms with van der Waals surface area (Å²) in [7, 11) is 0. The Morgan fingerprint density at radius 1 is 1.25 bits per heavy atom. The van der Waals surface area contributed by atoms with E-state index in [9.17, 15) is 0 Å². The van der Waals surface area contributed by atoms with E-state index in [1.807, 2.05) is 30.3 Å². The van der Waals surface area contributed by atoms with E-state index in [4.69, 9.17) is 22.5 Å². The van der Waals surface area contributed by atoms with Crippen LogP contribution in [0, 0.1) is 11.8 Å². The van der Waals surface area contributed by atoms with Crippen LogP contribution >= 0.6 is 11.6 Å². The van der Waals surface area contributed by atoms with Crippen molar-refractivity contribution >= 4 is 28.5 Å². The van der Waals surface area contributed by atoms with Gasteiger partial charge in [0, 0.05) is 23.3 Å². The molecule has 3 N–H and O–H groups in total. The molecule has 146 valence electrons. The molecule has 7 heteroatoms. The van der Waals surface area contributed by atoms with E-state index in [1.165, 1.54) is 25.7 Å². The van der Waals surface area contributed by atoms with Crippen LogP contribution in [0.3, 0.4) is 0 Å². The largest absolute Gasteiger partial charge is 0.409 e. The molecule has 1 aliphatic carbocycles. The zero-order valence-corrected chi connectivity index (χ0v) is 16.6. The highest BCUT2D eigenvalue weighted by Crippen LogP contribution is 2.33. The number of amidine groups is 1. The molecule has 28 heavy (non-hydrogen) atoms. The first-order valence-electron chi connectivity index (χ1n) is 9.66. The van der Waals surface area contributed by atoms with Crippen molar-refractivity contribution in [1.29, 1.82) is 0 Å². The highest BCUT2D eigenvalue weighted by Gasteiger charge is 2.21. The quantitative estimate of drug-likeness (QED) is 0.289. The lowest BCUT2D eigenvalue weighted by molar-refractivity contribution is 0.267. The summed E-state index contributed by atoms with van der Waals surface area (Å²) in [6, 6.07) is 9.52. The van der Waals surface area contributed by atoms with Gasteiger partial charge in [0.25, 0.3) is 0 Å². The van der Waals surface area contributed by atoms with Crippen LogP contribution in [0.1, 0.15) is 38.4 Å². The first-order chi connectivity index (χ1) is 13.5. The maximum Gasteiger partial charge on any atom is 0.208 e. The highest BCUT2D eigenvalue weighted by molar-refractivity contribution is 6.30. The van der Waals surface area contributed by atoms with Crippen molar-refractivity contribution in [2.75, 3.05) is 0 Å². The van der Waals surface area contributed by atoms with Crippen LogP contribution in [0.5, 0.6) is 0 Å². The summed E-state index contributed by atoms with van der Waals surface area (Å²) in [4.78, 5) is 9.11. The van der Waals surface area contributed by atoms with Crippen LogP contribution in [0.25, 0.3) is 22.3 Å². The van der Waals surface area contributed by atoms with Gasteiger partial charge in [-0.1, -0.05) is 48.7 Å². The summed E-state index contributed by atoms with van der Waals surface area (Å²) >= 11 is 6.22. The van der Waals surface area contributed by atoms with Gasteiger partial charge in [0.05, 0.1) is 16.7 Å². The Balaban J connectivity index is 1.82. The summed E-state index contributed by atoms with van der Waals surface area (Å²) in [6.45, 7) is 3.27. The predicted octanol–water partition coefficient (Wildman–Crippen LogP) is 4.67. The second-order valence-electron chi connectivity index (χ2n) is 7.72. The molecule has 1 saturated carbocycles. The van der Waals surface area contributed by atoms with Gasteiger partial charge >= 0.3 is 0 Å². The molecule has 1 aromatic carbocycles. The molecule has 0 bridgehead atoms. The lowest BCUT2D eigenvalue weighted by Gasteiger charge is -2.26. The van der Waals surface area contributed by atoms with Crippen LogP contribution in [0.2, 0.25) is 5.02 Å². The van der Waals surface area contributed by atoms with E-state index in [0.717, 1.165) is 34.8 Å². The van der Waals surface area contributed by atoms with Crippen LogP contribution in [0.15, 0.2) is 41.7 Å². The Labute approximate surface area is 169 Å². The van der Waals surface area contributed by atoms with Gasteiger partial charge in [-0.3, -0.25) is 0 Å². The second-order valence-corrected chi connectivity index (χ2v) is 8.16. The first-order valence-corrected chi connectivity index (χ1v) is 10.0. The molecular formula is C21H24ClN5O. The number of halogens is 1. The molecule has 0 atom stereocenters. The molecule has 0 spiro atoms. The molecule has 2 heterocycles. The molecule has 1 fully saturated rings.